The van der Waals surface area contributed by atoms with Crippen LogP contribution in [0.3, 0.4) is 0 Å². The molecule has 4 rings (SSSR count). The second-order valence-corrected chi connectivity index (χ2v) is 7.13. The highest BCUT2D eigenvalue weighted by molar-refractivity contribution is 6.19. The Labute approximate surface area is 168 Å². The number of anilines is 1. The maximum atomic E-state index is 12.8. The number of carbonyl (C=O) groups is 3. The second-order valence-electron chi connectivity index (χ2n) is 7.13. The van der Waals surface area contributed by atoms with Gasteiger partial charge in [-0.25, -0.2) is 4.98 Å². The summed E-state index contributed by atoms with van der Waals surface area (Å²) in [7, 11) is 1.47. The summed E-state index contributed by atoms with van der Waals surface area (Å²) in [4.78, 5) is 48.7. The molecule has 148 valence electrons. The Morgan fingerprint density at radius 1 is 1.14 bits per heavy atom. The van der Waals surface area contributed by atoms with Gasteiger partial charge in [-0.1, -0.05) is 6.07 Å². The summed E-state index contributed by atoms with van der Waals surface area (Å²) in [6.45, 7) is 2.28. The van der Waals surface area contributed by atoms with Crippen molar-refractivity contribution in [3.63, 3.8) is 0 Å². The minimum Gasteiger partial charge on any atom is -0.355 e. The van der Waals surface area contributed by atoms with Crippen LogP contribution in [0.1, 0.15) is 19.8 Å². The molecular formula is C21H21N5O3. The Kier molecular flexibility index (Phi) is 4.84. The maximum absolute atomic E-state index is 12.8. The fraction of sp³-hybridized carbons (Fsp3) is 0.286. The number of nitrogens with zero attached hydrogens (tertiary/aromatic N) is 4. The molecule has 0 spiro atoms. The van der Waals surface area contributed by atoms with E-state index in [1.165, 1.54) is 7.05 Å². The van der Waals surface area contributed by atoms with E-state index in [1.54, 1.807) is 36.5 Å². The highest BCUT2D eigenvalue weighted by atomic mass is 16.2. The number of rotatable bonds is 4. The lowest BCUT2D eigenvalue weighted by Crippen LogP contribution is -2.45. The molecule has 8 nitrogen and oxygen atoms in total. The molecule has 0 radical (unpaired) electrons. The van der Waals surface area contributed by atoms with Crippen molar-refractivity contribution in [3.05, 3.63) is 54.1 Å². The molecule has 0 fully saturated rings. The summed E-state index contributed by atoms with van der Waals surface area (Å²) in [6, 6.07) is 6.76. The summed E-state index contributed by atoms with van der Waals surface area (Å²) < 4.78 is 0. The number of carbonyl (C=O) groups excluding carboxylic acids is 3. The predicted molar refractivity (Wildman–Crippen MR) is 106 cm³/mol. The Balaban J connectivity index is 1.49. The fourth-order valence-corrected chi connectivity index (χ4v) is 3.67. The third kappa shape index (κ3) is 3.37. The molecule has 0 saturated carbocycles. The number of likely N-dealkylation sites (N-methyl/N-ethyl adjacent to an activating group) is 1. The van der Waals surface area contributed by atoms with E-state index in [9.17, 15) is 14.4 Å². The molecule has 8 heteroatoms. The van der Waals surface area contributed by atoms with Crippen LogP contribution >= 0.6 is 0 Å². The van der Waals surface area contributed by atoms with Crippen molar-refractivity contribution in [1.29, 1.82) is 0 Å². The van der Waals surface area contributed by atoms with Gasteiger partial charge in [0.15, 0.2) is 0 Å². The van der Waals surface area contributed by atoms with Crippen LogP contribution in [0.15, 0.2) is 54.1 Å². The summed E-state index contributed by atoms with van der Waals surface area (Å²) in [5, 5.41) is 2.80. The summed E-state index contributed by atoms with van der Waals surface area (Å²) in [5.74, 6) is -0.472. The molecule has 1 N–H and O–H groups in total. The normalized spacial score (nSPS) is 17.4. The molecule has 0 aliphatic carbocycles. The zero-order valence-electron chi connectivity index (χ0n) is 16.3. The minimum atomic E-state index is -0.608. The van der Waals surface area contributed by atoms with Crippen molar-refractivity contribution in [3.8, 4) is 11.1 Å². The van der Waals surface area contributed by atoms with E-state index in [-0.39, 0.29) is 17.7 Å². The van der Waals surface area contributed by atoms with Gasteiger partial charge in [0.1, 0.15) is 17.6 Å². The van der Waals surface area contributed by atoms with Crippen molar-refractivity contribution < 1.29 is 14.4 Å². The van der Waals surface area contributed by atoms with Crippen molar-refractivity contribution >= 4 is 23.5 Å². The van der Waals surface area contributed by atoms with Crippen molar-refractivity contribution in [2.45, 2.75) is 25.8 Å². The van der Waals surface area contributed by atoms with Gasteiger partial charge in [-0.3, -0.25) is 24.3 Å². The van der Waals surface area contributed by atoms with E-state index in [0.29, 0.717) is 30.1 Å². The Hall–Kier alpha value is -3.55. The van der Waals surface area contributed by atoms with E-state index in [4.69, 9.17) is 0 Å². The van der Waals surface area contributed by atoms with Gasteiger partial charge in [0.25, 0.3) is 11.8 Å². The summed E-state index contributed by atoms with van der Waals surface area (Å²) in [5.41, 5.74) is 2.69. The molecule has 29 heavy (non-hydrogen) atoms. The standard InChI is InChI=1S/C21H21N5O3/c1-13(26-10-4-6-16-18(26)21(29)25(2)20(16)28)19(27)24-17-8-7-15(12-23-17)14-5-3-9-22-11-14/h3,5,7-9,11-13H,4,6,10H2,1-2H3,(H,23,24,27)/t13-/m1/s1. The molecule has 0 aromatic carbocycles. The number of imide groups is 1. The molecular weight excluding hydrogens is 370 g/mol. The molecule has 0 bridgehead atoms. The van der Waals surface area contributed by atoms with Crippen LogP contribution in [0.2, 0.25) is 0 Å². The van der Waals surface area contributed by atoms with Gasteiger partial charge < -0.3 is 10.2 Å². The second kappa shape index (κ2) is 7.46. The van der Waals surface area contributed by atoms with E-state index >= 15 is 0 Å². The Bertz CT molecular complexity index is 1000. The monoisotopic (exact) mass is 391 g/mol. The van der Waals surface area contributed by atoms with Crippen molar-refractivity contribution in [2.75, 3.05) is 18.9 Å². The predicted octanol–water partition coefficient (Wildman–Crippen LogP) is 1.82. The fourth-order valence-electron chi connectivity index (χ4n) is 3.67. The quantitative estimate of drug-likeness (QED) is 0.799. The average molecular weight is 391 g/mol. The topological polar surface area (TPSA) is 95.5 Å². The zero-order chi connectivity index (χ0) is 20.5. The van der Waals surface area contributed by atoms with E-state index in [1.807, 2.05) is 18.2 Å². The third-order valence-electron chi connectivity index (χ3n) is 5.33. The van der Waals surface area contributed by atoms with Gasteiger partial charge in [0, 0.05) is 48.9 Å². The summed E-state index contributed by atoms with van der Waals surface area (Å²) in [6.07, 6.45) is 6.41. The molecule has 3 amide bonds. The molecule has 2 aliphatic heterocycles. The van der Waals surface area contributed by atoms with Gasteiger partial charge >= 0.3 is 0 Å². The van der Waals surface area contributed by atoms with Crippen LogP contribution < -0.4 is 5.32 Å². The molecule has 0 saturated heterocycles. The number of hydrogen-bond donors (Lipinski definition) is 1. The van der Waals surface area contributed by atoms with Crippen molar-refractivity contribution in [2.24, 2.45) is 0 Å². The molecule has 4 heterocycles. The first-order valence-electron chi connectivity index (χ1n) is 9.47. The van der Waals surface area contributed by atoms with Crippen molar-refractivity contribution in [1.82, 2.24) is 19.8 Å². The zero-order valence-corrected chi connectivity index (χ0v) is 16.3. The van der Waals surface area contributed by atoms with Crippen LogP contribution in [-0.4, -0.2) is 57.1 Å². The lowest BCUT2D eigenvalue weighted by Gasteiger charge is -2.33. The lowest BCUT2D eigenvalue weighted by molar-refractivity contribution is -0.136. The maximum Gasteiger partial charge on any atom is 0.277 e. The van der Waals surface area contributed by atoms with Crippen LogP contribution in [-0.2, 0) is 14.4 Å². The molecule has 2 aromatic heterocycles. The minimum absolute atomic E-state index is 0.269. The molecule has 1 atom stereocenters. The van der Waals surface area contributed by atoms with Gasteiger partial charge in [-0.05, 0) is 38.0 Å². The van der Waals surface area contributed by atoms with Crippen LogP contribution in [0, 0.1) is 0 Å². The number of hydrogen-bond acceptors (Lipinski definition) is 6. The third-order valence-corrected chi connectivity index (χ3v) is 5.33. The highest BCUT2D eigenvalue weighted by Crippen LogP contribution is 2.32. The number of amides is 3. The highest BCUT2D eigenvalue weighted by Gasteiger charge is 2.42. The first-order valence-corrected chi connectivity index (χ1v) is 9.47. The largest absolute Gasteiger partial charge is 0.355 e. The van der Waals surface area contributed by atoms with Gasteiger partial charge in [0.05, 0.1) is 0 Å². The first kappa shape index (κ1) is 18.8. The Morgan fingerprint density at radius 3 is 2.62 bits per heavy atom. The summed E-state index contributed by atoms with van der Waals surface area (Å²) >= 11 is 0. The smallest absolute Gasteiger partial charge is 0.277 e. The van der Waals surface area contributed by atoms with E-state index in [2.05, 4.69) is 15.3 Å². The number of nitrogens with one attached hydrogen (secondary N) is 1. The SMILES string of the molecule is C[C@H](C(=O)Nc1ccc(-c2cccnc2)cn1)N1CCCC2=C1C(=O)N(C)C2=O. The molecule has 0 unspecified atom stereocenters. The number of aromatic nitrogens is 2. The lowest BCUT2D eigenvalue weighted by atomic mass is 10.0. The van der Waals surface area contributed by atoms with Crippen LogP contribution in [0.5, 0.6) is 0 Å². The molecule has 2 aromatic rings. The molecule has 2 aliphatic rings. The van der Waals surface area contributed by atoms with E-state index < -0.39 is 6.04 Å². The van der Waals surface area contributed by atoms with E-state index in [0.717, 1.165) is 22.4 Å². The van der Waals surface area contributed by atoms with Gasteiger partial charge in [-0.15, -0.1) is 0 Å². The van der Waals surface area contributed by atoms with Gasteiger partial charge in [-0.2, -0.15) is 0 Å². The van der Waals surface area contributed by atoms with Crippen LogP contribution in [0.4, 0.5) is 5.82 Å². The Morgan fingerprint density at radius 2 is 1.93 bits per heavy atom. The van der Waals surface area contributed by atoms with Crippen LogP contribution in [0.25, 0.3) is 11.1 Å². The average Bonchev–Trinajstić information content (AvgIpc) is 2.98. The number of pyridine rings is 2. The van der Waals surface area contributed by atoms with Gasteiger partial charge in [0.2, 0.25) is 5.91 Å². The first-order chi connectivity index (χ1) is 14.0.